The molecule has 2 rings (SSSR count). The fraction of sp³-hybridized carbons (Fsp3) is 0.625. The number of hydrogen-bond acceptors (Lipinski definition) is 1. The molecule has 0 aliphatic carbocycles. The number of nitrogens with one attached hydrogen (secondary N) is 1. The van der Waals surface area contributed by atoms with Gasteiger partial charge in [0.1, 0.15) is 0 Å². The van der Waals surface area contributed by atoms with Crippen molar-refractivity contribution < 1.29 is 0 Å². The largest absolute Gasteiger partial charge is 0.385 e. The maximum absolute atomic E-state index is 3.75. The predicted molar refractivity (Wildman–Crippen MR) is 84.6 cm³/mol. The van der Waals surface area contributed by atoms with Crippen LogP contribution in [0.4, 0.5) is 5.69 Å². The molecule has 0 fully saturated rings. The van der Waals surface area contributed by atoms with Gasteiger partial charge in [-0.15, -0.1) is 0 Å². The number of rotatable bonds is 4. The third kappa shape index (κ3) is 2.63. The van der Waals surface area contributed by atoms with Crippen LogP contribution < -0.4 is 5.32 Å². The first kappa shape index (κ1) is 13.7. The van der Waals surface area contributed by atoms with E-state index in [1.807, 2.05) is 0 Å². The molecule has 2 heteroatoms. The molecule has 0 saturated carbocycles. The number of fused-ring (bicyclic) bond motifs is 1. The van der Waals surface area contributed by atoms with Crippen LogP contribution in [0.5, 0.6) is 0 Å². The summed E-state index contributed by atoms with van der Waals surface area (Å²) in [6.45, 7) is 10.6. The third-order valence-electron chi connectivity index (χ3n) is 4.54. The van der Waals surface area contributed by atoms with E-state index in [0.717, 1.165) is 5.54 Å². The molecule has 1 aliphatic rings. The van der Waals surface area contributed by atoms with Gasteiger partial charge in [-0.1, -0.05) is 58.0 Å². The molecule has 0 saturated heterocycles. The monoisotopic (exact) mass is 261 g/mol. The maximum Gasteiger partial charge on any atom is 0.0419 e. The quantitative estimate of drug-likeness (QED) is 0.791. The van der Waals surface area contributed by atoms with E-state index in [-0.39, 0.29) is 0 Å². The molecule has 18 heavy (non-hydrogen) atoms. The molecule has 0 aromatic heterocycles. The van der Waals surface area contributed by atoms with E-state index in [2.05, 4.69) is 51.2 Å². The zero-order valence-corrected chi connectivity index (χ0v) is 13.4. The molecule has 1 N–H and O–H groups in total. The van der Waals surface area contributed by atoms with Crippen LogP contribution in [-0.2, 0) is 6.42 Å². The van der Waals surface area contributed by atoms with Gasteiger partial charge in [0.15, 0.2) is 0 Å². The van der Waals surface area contributed by atoms with Crippen LogP contribution in [0.1, 0.15) is 44.7 Å². The van der Waals surface area contributed by atoms with Crippen LogP contribution >= 0.6 is 0 Å². The van der Waals surface area contributed by atoms with E-state index in [1.54, 1.807) is 5.56 Å². The van der Waals surface area contributed by atoms with Crippen molar-refractivity contribution in [3.63, 3.8) is 0 Å². The van der Waals surface area contributed by atoms with Gasteiger partial charge in [-0.3, -0.25) is 0 Å². The zero-order valence-electron chi connectivity index (χ0n) is 12.3. The molecule has 0 amide bonds. The van der Waals surface area contributed by atoms with E-state index in [4.69, 9.17) is 0 Å². The minimum absolute atomic E-state index is 0.535. The molecule has 0 spiro atoms. The lowest BCUT2D eigenvalue weighted by Crippen LogP contribution is -2.31. The number of para-hydroxylation sites is 1. The Morgan fingerprint density at radius 1 is 1.28 bits per heavy atom. The van der Waals surface area contributed by atoms with Crippen molar-refractivity contribution in [2.75, 3.05) is 11.9 Å². The number of benzene rings is 1. The van der Waals surface area contributed by atoms with Crippen molar-refractivity contribution in [1.29, 1.82) is 0 Å². The molecule has 1 aromatic carbocycles. The zero-order chi connectivity index (χ0) is 13.1. The minimum Gasteiger partial charge on any atom is -0.385 e. The lowest BCUT2D eigenvalue weighted by Gasteiger charge is -2.32. The summed E-state index contributed by atoms with van der Waals surface area (Å²) in [5.74, 6) is 0.620. The van der Waals surface area contributed by atoms with E-state index in [1.165, 1.54) is 36.3 Å². The third-order valence-corrected chi connectivity index (χ3v) is 8.45. The average molecular weight is 261 g/mol. The standard InChI is InChI=1S/C16H27NSi/c1-5-18(6-2)14-10-13-8-7-9-15(12(3)4)16(13)17-11-14/h7-9,12,14,17-18H,5-6,10-11H2,1-4H3/t14-/m1/s1. The summed E-state index contributed by atoms with van der Waals surface area (Å²) < 4.78 is 0. The van der Waals surface area contributed by atoms with Crippen LogP contribution in [0.15, 0.2) is 18.2 Å². The first-order chi connectivity index (χ1) is 8.67. The van der Waals surface area contributed by atoms with E-state index >= 15 is 0 Å². The van der Waals surface area contributed by atoms with Gasteiger partial charge in [0.2, 0.25) is 0 Å². The summed E-state index contributed by atoms with van der Waals surface area (Å²) in [5.41, 5.74) is 5.47. The smallest absolute Gasteiger partial charge is 0.0419 e. The molecule has 1 heterocycles. The summed E-state index contributed by atoms with van der Waals surface area (Å²) >= 11 is 0. The number of anilines is 1. The fourth-order valence-electron chi connectivity index (χ4n) is 3.36. The summed E-state index contributed by atoms with van der Waals surface area (Å²) in [6, 6.07) is 9.75. The Bertz CT molecular complexity index is 396. The van der Waals surface area contributed by atoms with Gasteiger partial charge in [0.05, 0.1) is 0 Å². The summed E-state index contributed by atoms with van der Waals surface area (Å²) in [6.07, 6.45) is 1.32. The molecule has 0 radical (unpaired) electrons. The highest BCUT2D eigenvalue weighted by Gasteiger charge is 2.26. The second-order valence-electron chi connectivity index (χ2n) is 5.96. The Kier molecular flexibility index (Phi) is 4.49. The maximum atomic E-state index is 3.75. The van der Waals surface area contributed by atoms with Gasteiger partial charge in [0.25, 0.3) is 0 Å². The van der Waals surface area contributed by atoms with E-state index in [9.17, 15) is 0 Å². The van der Waals surface area contributed by atoms with Crippen LogP contribution in [0.25, 0.3) is 0 Å². The first-order valence-corrected chi connectivity index (χ1v) is 9.82. The molecule has 1 atom stereocenters. The number of hydrogen-bond donors (Lipinski definition) is 1. The van der Waals surface area contributed by atoms with Gasteiger partial charge in [0, 0.05) is 21.0 Å². The topological polar surface area (TPSA) is 12.0 Å². The predicted octanol–water partition coefficient (Wildman–Crippen LogP) is 4.42. The van der Waals surface area contributed by atoms with Crippen molar-refractivity contribution in [2.45, 2.75) is 57.7 Å². The highest BCUT2D eigenvalue weighted by molar-refractivity contribution is 6.60. The molecule has 100 valence electrons. The summed E-state index contributed by atoms with van der Waals surface area (Å²) in [5, 5.41) is 3.75. The molecule has 1 nitrogen and oxygen atoms in total. The minimum atomic E-state index is -0.535. The Morgan fingerprint density at radius 3 is 2.61 bits per heavy atom. The molecular weight excluding hydrogens is 234 g/mol. The summed E-state index contributed by atoms with van der Waals surface area (Å²) in [7, 11) is -0.535. The molecular formula is C16H27NSi. The van der Waals surface area contributed by atoms with Gasteiger partial charge in [-0.25, -0.2) is 0 Å². The normalized spacial score (nSPS) is 18.9. The Hall–Kier alpha value is -0.763. The highest BCUT2D eigenvalue weighted by Crippen LogP contribution is 2.36. The van der Waals surface area contributed by atoms with Crippen LogP contribution in [0.2, 0.25) is 17.6 Å². The molecule has 0 unspecified atom stereocenters. The van der Waals surface area contributed by atoms with Crippen molar-refractivity contribution in [3.05, 3.63) is 29.3 Å². The molecule has 1 aliphatic heterocycles. The van der Waals surface area contributed by atoms with Crippen LogP contribution in [-0.4, -0.2) is 15.3 Å². The SMILES string of the molecule is CC[SiH](CC)[C@H]1CNc2c(cccc2C(C)C)C1. The average Bonchev–Trinajstić information content (AvgIpc) is 2.39. The highest BCUT2D eigenvalue weighted by atomic mass is 28.3. The fourth-order valence-corrected chi connectivity index (χ4v) is 6.31. The van der Waals surface area contributed by atoms with E-state index in [0.29, 0.717) is 5.92 Å². The summed E-state index contributed by atoms with van der Waals surface area (Å²) in [4.78, 5) is 0. The van der Waals surface area contributed by atoms with Crippen molar-refractivity contribution in [1.82, 2.24) is 0 Å². The van der Waals surface area contributed by atoms with Gasteiger partial charge >= 0.3 is 0 Å². The van der Waals surface area contributed by atoms with Crippen LogP contribution in [0.3, 0.4) is 0 Å². The second-order valence-corrected chi connectivity index (χ2v) is 10.1. The Labute approximate surface area is 114 Å². The van der Waals surface area contributed by atoms with Gasteiger partial charge in [-0.2, -0.15) is 0 Å². The molecule has 1 aromatic rings. The lowest BCUT2D eigenvalue weighted by atomic mass is 9.93. The van der Waals surface area contributed by atoms with E-state index < -0.39 is 8.80 Å². The first-order valence-electron chi connectivity index (χ1n) is 7.53. The Morgan fingerprint density at radius 2 is 2.00 bits per heavy atom. The Balaban J connectivity index is 2.23. The van der Waals surface area contributed by atoms with Crippen molar-refractivity contribution in [2.24, 2.45) is 0 Å². The molecule has 0 bridgehead atoms. The van der Waals surface area contributed by atoms with Crippen LogP contribution in [0, 0.1) is 0 Å². The van der Waals surface area contributed by atoms with Crippen molar-refractivity contribution in [3.8, 4) is 0 Å². The van der Waals surface area contributed by atoms with Crippen molar-refractivity contribution >= 4 is 14.5 Å². The van der Waals surface area contributed by atoms with Gasteiger partial charge in [-0.05, 0) is 29.0 Å². The lowest BCUT2D eigenvalue weighted by molar-refractivity contribution is 0.779. The van der Waals surface area contributed by atoms with Gasteiger partial charge < -0.3 is 5.32 Å². The second kappa shape index (κ2) is 5.92.